The van der Waals surface area contributed by atoms with Crippen LogP contribution in [0.25, 0.3) is 0 Å². The number of aliphatic carboxylic acids is 1. The second kappa shape index (κ2) is 8.62. The van der Waals surface area contributed by atoms with Gasteiger partial charge in [0, 0.05) is 18.7 Å². The topological polar surface area (TPSA) is 115 Å². The summed E-state index contributed by atoms with van der Waals surface area (Å²) in [5, 5.41) is 25.7. The Labute approximate surface area is 146 Å². The van der Waals surface area contributed by atoms with Crippen molar-refractivity contribution >= 4 is 18.3 Å². The Morgan fingerprint density at radius 1 is 1.20 bits per heavy atom. The van der Waals surface area contributed by atoms with Crippen LogP contribution in [0.15, 0.2) is 24.3 Å². The summed E-state index contributed by atoms with van der Waals surface area (Å²) in [6.07, 6.45) is -0.590. The van der Waals surface area contributed by atoms with Crippen molar-refractivity contribution in [2.45, 2.75) is 38.7 Å². The van der Waals surface area contributed by atoms with Crippen LogP contribution in [0.2, 0.25) is 0 Å². The first-order chi connectivity index (χ1) is 11.6. The third-order valence-corrected chi connectivity index (χ3v) is 4.18. The van der Waals surface area contributed by atoms with Gasteiger partial charge in [0.05, 0.1) is 6.10 Å². The second-order valence-electron chi connectivity index (χ2n) is 6.98. The van der Waals surface area contributed by atoms with Gasteiger partial charge in [-0.05, 0) is 29.5 Å². The van der Waals surface area contributed by atoms with Crippen LogP contribution >= 0.6 is 0 Å². The predicted octanol–water partition coefficient (Wildman–Crippen LogP) is 1.59. The number of nitrogens with zero attached hydrogens (tertiary/aromatic N) is 1. The van der Waals surface area contributed by atoms with Gasteiger partial charge >= 0.3 is 5.97 Å². The van der Waals surface area contributed by atoms with Crippen LogP contribution in [0.3, 0.4) is 0 Å². The van der Waals surface area contributed by atoms with Crippen molar-refractivity contribution in [2.75, 3.05) is 13.1 Å². The highest BCUT2D eigenvalue weighted by atomic mass is 16.4. The molecule has 3 N–H and O–H groups in total. The number of benzene rings is 1. The molecule has 0 bridgehead atoms. The van der Waals surface area contributed by atoms with Crippen molar-refractivity contribution in [3.05, 3.63) is 35.4 Å². The lowest BCUT2D eigenvalue weighted by Gasteiger charge is -2.34. The summed E-state index contributed by atoms with van der Waals surface area (Å²) in [7, 11) is 0. The number of likely N-dealkylation sites (tertiary alicyclic amines) is 1. The highest BCUT2D eigenvalue weighted by Gasteiger charge is 2.35. The summed E-state index contributed by atoms with van der Waals surface area (Å²) in [5.74, 6) is -2.15. The molecule has 138 valence electrons. The fourth-order valence-corrected chi connectivity index (χ4v) is 2.66. The summed E-state index contributed by atoms with van der Waals surface area (Å²) in [6, 6.07) is 7.43. The lowest BCUT2D eigenvalue weighted by molar-refractivity contribution is -0.148. The molecule has 0 aromatic heterocycles. The molecular weight excluding hydrogens is 326 g/mol. The van der Waals surface area contributed by atoms with Crippen LogP contribution in [0.5, 0.6) is 0 Å². The van der Waals surface area contributed by atoms with Gasteiger partial charge in [-0.3, -0.25) is 14.4 Å². The Bertz CT molecular complexity index is 605. The fourth-order valence-electron chi connectivity index (χ4n) is 2.66. The van der Waals surface area contributed by atoms with Gasteiger partial charge in [0.15, 0.2) is 0 Å². The van der Waals surface area contributed by atoms with Crippen molar-refractivity contribution in [2.24, 2.45) is 5.92 Å². The van der Waals surface area contributed by atoms with Crippen LogP contribution in [-0.2, 0) is 15.0 Å². The zero-order valence-corrected chi connectivity index (χ0v) is 14.7. The molecule has 0 spiro atoms. The SMILES string of the molecule is CC(C)(C)c1ccc(C(=O)N2CC[C@H](O)[C@H](C(=O)O)C2)cc1.O=CO. The third kappa shape index (κ3) is 5.56. The summed E-state index contributed by atoms with van der Waals surface area (Å²) >= 11 is 0. The van der Waals surface area contributed by atoms with Crippen LogP contribution < -0.4 is 0 Å². The average molecular weight is 351 g/mol. The smallest absolute Gasteiger partial charge is 0.310 e. The summed E-state index contributed by atoms with van der Waals surface area (Å²) < 4.78 is 0. The molecule has 7 heteroatoms. The molecule has 1 fully saturated rings. The van der Waals surface area contributed by atoms with E-state index in [1.54, 1.807) is 12.1 Å². The van der Waals surface area contributed by atoms with Gasteiger partial charge in [-0.15, -0.1) is 0 Å². The van der Waals surface area contributed by atoms with Crippen molar-refractivity contribution in [3.8, 4) is 0 Å². The van der Waals surface area contributed by atoms with E-state index in [1.165, 1.54) is 4.90 Å². The maximum atomic E-state index is 12.5. The molecule has 7 nitrogen and oxygen atoms in total. The number of aliphatic hydroxyl groups is 1. The first kappa shape index (κ1) is 20.6. The molecular formula is C18H25NO6. The molecule has 25 heavy (non-hydrogen) atoms. The molecule has 2 atom stereocenters. The van der Waals surface area contributed by atoms with Crippen LogP contribution in [0.1, 0.15) is 43.1 Å². The summed E-state index contributed by atoms with van der Waals surface area (Å²) in [4.78, 5) is 33.5. The van der Waals surface area contributed by atoms with Gasteiger partial charge in [0.25, 0.3) is 12.4 Å². The van der Waals surface area contributed by atoms with Gasteiger partial charge in [0.1, 0.15) is 5.92 Å². The maximum absolute atomic E-state index is 12.5. The van der Waals surface area contributed by atoms with Crippen molar-refractivity contribution < 1.29 is 29.7 Å². The molecule has 1 heterocycles. The number of hydrogen-bond donors (Lipinski definition) is 3. The largest absolute Gasteiger partial charge is 0.483 e. The molecule has 0 radical (unpaired) electrons. The first-order valence-corrected chi connectivity index (χ1v) is 8.00. The number of amides is 1. The predicted molar refractivity (Wildman–Crippen MR) is 91.5 cm³/mol. The van der Waals surface area contributed by atoms with E-state index in [0.717, 1.165) is 5.56 Å². The molecule has 1 aliphatic rings. The molecule has 1 saturated heterocycles. The van der Waals surface area contributed by atoms with Crippen molar-refractivity contribution in [3.63, 3.8) is 0 Å². The summed E-state index contributed by atoms with van der Waals surface area (Å²) in [6.45, 7) is 6.50. The molecule has 1 aliphatic heterocycles. The van der Waals surface area contributed by atoms with Gasteiger partial charge in [-0.1, -0.05) is 32.9 Å². The minimum atomic E-state index is -1.06. The fraction of sp³-hybridized carbons (Fsp3) is 0.500. The highest BCUT2D eigenvalue weighted by molar-refractivity contribution is 5.94. The molecule has 1 amide bonds. The second-order valence-corrected chi connectivity index (χ2v) is 6.98. The Hall–Kier alpha value is -2.41. The lowest BCUT2D eigenvalue weighted by Crippen LogP contribution is -2.48. The number of carbonyl (C=O) groups is 3. The lowest BCUT2D eigenvalue weighted by atomic mass is 9.86. The Kier molecular flexibility index (Phi) is 7.11. The van der Waals surface area contributed by atoms with E-state index in [0.29, 0.717) is 18.5 Å². The minimum Gasteiger partial charge on any atom is -0.483 e. The van der Waals surface area contributed by atoms with Gasteiger partial charge in [-0.2, -0.15) is 0 Å². The van der Waals surface area contributed by atoms with Crippen molar-refractivity contribution in [1.82, 2.24) is 4.90 Å². The zero-order valence-electron chi connectivity index (χ0n) is 14.7. The summed E-state index contributed by atoms with van der Waals surface area (Å²) in [5.41, 5.74) is 1.71. The van der Waals surface area contributed by atoms with E-state index in [1.807, 2.05) is 12.1 Å². The average Bonchev–Trinajstić information content (AvgIpc) is 2.54. The molecule has 2 rings (SSSR count). The molecule has 1 aromatic rings. The van der Waals surface area contributed by atoms with Crippen LogP contribution in [0, 0.1) is 5.92 Å². The molecule has 0 unspecified atom stereocenters. The first-order valence-electron chi connectivity index (χ1n) is 8.00. The highest BCUT2D eigenvalue weighted by Crippen LogP contribution is 2.24. The molecule has 0 saturated carbocycles. The quantitative estimate of drug-likeness (QED) is 0.697. The molecule has 1 aromatic carbocycles. The molecule has 0 aliphatic carbocycles. The van der Waals surface area contributed by atoms with E-state index in [-0.39, 0.29) is 24.3 Å². The van der Waals surface area contributed by atoms with Gasteiger partial charge < -0.3 is 20.2 Å². The zero-order chi connectivity index (χ0) is 19.2. The maximum Gasteiger partial charge on any atom is 0.310 e. The number of piperidine rings is 1. The monoisotopic (exact) mass is 351 g/mol. The number of carboxylic acid groups (broad SMARTS) is 2. The van der Waals surface area contributed by atoms with Crippen molar-refractivity contribution in [1.29, 1.82) is 0 Å². The minimum absolute atomic E-state index is 0.0191. The van der Waals surface area contributed by atoms with E-state index >= 15 is 0 Å². The number of carboxylic acids is 1. The third-order valence-electron chi connectivity index (χ3n) is 4.18. The Balaban J connectivity index is 0.000000970. The number of carbonyl (C=O) groups excluding carboxylic acids is 1. The normalized spacial score (nSPS) is 20.2. The van der Waals surface area contributed by atoms with Gasteiger partial charge in [-0.25, -0.2) is 0 Å². The standard InChI is InChI=1S/C17H23NO4.CH2O2/c1-17(2,3)12-6-4-11(5-7-12)15(20)18-9-8-14(19)13(10-18)16(21)22;2-1-3/h4-7,13-14,19H,8-10H2,1-3H3,(H,21,22);1H,(H,2,3)/t13-,14+;/m1./s1. The Morgan fingerprint density at radius 3 is 2.16 bits per heavy atom. The van der Waals surface area contributed by atoms with Crippen LogP contribution in [-0.4, -0.2) is 57.8 Å². The van der Waals surface area contributed by atoms with Gasteiger partial charge in [0.2, 0.25) is 0 Å². The number of rotatable bonds is 2. The van der Waals surface area contributed by atoms with E-state index < -0.39 is 18.0 Å². The Morgan fingerprint density at radius 2 is 1.72 bits per heavy atom. The van der Waals surface area contributed by atoms with E-state index in [9.17, 15) is 14.7 Å². The number of hydrogen-bond acceptors (Lipinski definition) is 4. The number of aliphatic hydroxyl groups excluding tert-OH is 1. The van der Waals surface area contributed by atoms with E-state index in [4.69, 9.17) is 15.0 Å². The van der Waals surface area contributed by atoms with E-state index in [2.05, 4.69) is 20.8 Å². The van der Waals surface area contributed by atoms with Crippen LogP contribution in [0.4, 0.5) is 0 Å².